The van der Waals surface area contributed by atoms with Crippen LogP contribution < -0.4 is 0 Å². The summed E-state index contributed by atoms with van der Waals surface area (Å²) < 4.78 is 7.63. The van der Waals surface area contributed by atoms with Gasteiger partial charge in [0.05, 0.1) is 24.8 Å². The molecule has 1 aromatic rings. The van der Waals surface area contributed by atoms with Crippen LogP contribution in [0.1, 0.15) is 36.2 Å². The molecule has 122 valence electrons. The third-order valence-electron chi connectivity index (χ3n) is 5.21. The molecular weight excluding hydrogens is 282 g/mol. The van der Waals surface area contributed by atoms with Crippen LogP contribution in [0, 0.1) is 13.8 Å². The smallest absolute Gasteiger partial charge is 0.227 e. The number of piperidine rings is 1. The van der Waals surface area contributed by atoms with E-state index >= 15 is 0 Å². The van der Waals surface area contributed by atoms with E-state index < -0.39 is 11.7 Å². The molecule has 1 N–H and O–H groups in total. The minimum Gasteiger partial charge on any atom is -0.390 e. The van der Waals surface area contributed by atoms with Gasteiger partial charge in [-0.25, -0.2) is 0 Å². The molecule has 6 nitrogen and oxygen atoms in total. The molecule has 0 bridgehead atoms. The van der Waals surface area contributed by atoms with Gasteiger partial charge in [0.2, 0.25) is 5.91 Å². The molecule has 0 unspecified atom stereocenters. The van der Waals surface area contributed by atoms with Gasteiger partial charge in [0, 0.05) is 31.5 Å². The molecule has 0 aromatic carbocycles. The highest BCUT2D eigenvalue weighted by atomic mass is 16.5. The Morgan fingerprint density at radius 2 is 2.27 bits per heavy atom. The minimum absolute atomic E-state index is 0.0981. The Bertz CT molecular complexity index is 575. The highest BCUT2D eigenvalue weighted by molar-refractivity contribution is 5.79. The first kappa shape index (κ1) is 15.5. The Morgan fingerprint density at radius 3 is 2.86 bits per heavy atom. The molecule has 2 saturated heterocycles. The van der Waals surface area contributed by atoms with Crippen molar-refractivity contribution in [3.63, 3.8) is 0 Å². The molecule has 22 heavy (non-hydrogen) atoms. The fraction of sp³-hybridized carbons (Fsp3) is 0.750. The maximum absolute atomic E-state index is 12.7. The number of aromatic nitrogens is 2. The Balaban J connectivity index is 1.72. The van der Waals surface area contributed by atoms with Crippen molar-refractivity contribution in [1.29, 1.82) is 0 Å². The fourth-order valence-corrected chi connectivity index (χ4v) is 3.70. The minimum atomic E-state index is -0.535. The number of aryl methyl sites for hydroxylation is 2. The number of amides is 1. The average Bonchev–Trinajstić information content (AvgIpc) is 3.04. The summed E-state index contributed by atoms with van der Waals surface area (Å²) in [4.78, 5) is 14.5. The van der Waals surface area contributed by atoms with E-state index in [0.717, 1.165) is 29.8 Å². The Labute approximate surface area is 131 Å². The van der Waals surface area contributed by atoms with Crippen LogP contribution in [0.25, 0.3) is 0 Å². The predicted octanol–water partition coefficient (Wildman–Crippen LogP) is 0.722. The predicted molar refractivity (Wildman–Crippen MR) is 81.5 cm³/mol. The largest absolute Gasteiger partial charge is 0.390 e. The summed E-state index contributed by atoms with van der Waals surface area (Å²) in [5.74, 6) is 0.0981. The Kier molecular flexibility index (Phi) is 3.99. The molecule has 0 saturated carbocycles. The Morgan fingerprint density at radius 1 is 1.50 bits per heavy atom. The third-order valence-corrected chi connectivity index (χ3v) is 5.21. The maximum atomic E-state index is 12.7. The lowest BCUT2D eigenvalue weighted by molar-refractivity contribution is -0.154. The zero-order valence-corrected chi connectivity index (χ0v) is 13.6. The van der Waals surface area contributed by atoms with Gasteiger partial charge in [-0.1, -0.05) is 0 Å². The summed E-state index contributed by atoms with van der Waals surface area (Å²) in [6.07, 6.45) is 2.30. The molecule has 0 aliphatic carbocycles. The van der Waals surface area contributed by atoms with E-state index in [0.29, 0.717) is 32.5 Å². The molecule has 1 amide bonds. The zero-order chi connectivity index (χ0) is 15.9. The molecule has 3 rings (SSSR count). The second-order valence-electron chi connectivity index (χ2n) is 6.59. The van der Waals surface area contributed by atoms with Crippen molar-refractivity contribution in [2.24, 2.45) is 7.05 Å². The van der Waals surface area contributed by atoms with Crippen LogP contribution in [-0.2, 0) is 23.0 Å². The van der Waals surface area contributed by atoms with E-state index in [2.05, 4.69) is 5.10 Å². The highest BCUT2D eigenvalue weighted by Gasteiger charge is 2.47. The summed E-state index contributed by atoms with van der Waals surface area (Å²) in [6.45, 7) is 5.72. The topological polar surface area (TPSA) is 67.6 Å². The number of carbonyl (C=O) groups is 1. The van der Waals surface area contributed by atoms with E-state index in [-0.39, 0.29) is 5.91 Å². The van der Waals surface area contributed by atoms with Crippen LogP contribution in [0.3, 0.4) is 0 Å². The zero-order valence-electron chi connectivity index (χ0n) is 13.6. The summed E-state index contributed by atoms with van der Waals surface area (Å²) in [6, 6.07) is 0. The van der Waals surface area contributed by atoms with Crippen LogP contribution in [0.2, 0.25) is 0 Å². The van der Waals surface area contributed by atoms with Crippen molar-refractivity contribution in [2.75, 3.05) is 19.7 Å². The number of aliphatic hydroxyl groups is 1. The normalized spacial score (nSPS) is 28.5. The maximum Gasteiger partial charge on any atom is 0.227 e. The van der Waals surface area contributed by atoms with Gasteiger partial charge in [-0.05, 0) is 33.1 Å². The van der Waals surface area contributed by atoms with Crippen LogP contribution in [0.4, 0.5) is 0 Å². The lowest BCUT2D eigenvalue weighted by Gasteiger charge is -2.43. The summed E-state index contributed by atoms with van der Waals surface area (Å²) in [5.41, 5.74) is 2.43. The summed E-state index contributed by atoms with van der Waals surface area (Å²) in [7, 11) is 1.90. The summed E-state index contributed by atoms with van der Waals surface area (Å²) in [5, 5.41) is 14.6. The first-order valence-electron chi connectivity index (χ1n) is 8.02. The summed E-state index contributed by atoms with van der Waals surface area (Å²) >= 11 is 0. The van der Waals surface area contributed by atoms with Gasteiger partial charge in [-0.2, -0.15) is 5.10 Å². The number of ether oxygens (including phenoxy) is 1. The standard InChI is InChI=1S/C16H25N3O3/c1-11-13(12(2)18(3)17-11)9-15(21)19-7-5-14(20)16(10-19)6-4-8-22-16/h14,20H,4-10H2,1-3H3/t14-,16-/m0/s1. The number of rotatable bonds is 2. The Hall–Kier alpha value is -1.40. The molecule has 0 radical (unpaired) electrons. The van der Waals surface area contributed by atoms with Crippen molar-refractivity contribution < 1.29 is 14.6 Å². The van der Waals surface area contributed by atoms with Crippen molar-refractivity contribution in [3.8, 4) is 0 Å². The van der Waals surface area contributed by atoms with Gasteiger partial charge in [0.25, 0.3) is 0 Å². The van der Waals surface area contributed by atoms with Gasteiger partial charge >= 0.3 is 0 Å². The molecule has 1 aromatic heterocycles. The van der Waals surface area contributed by atoms with Gasteiger partial charge in [-0.3, -0.25) is 9.48 Å². The van der Waals surface area contributed by atoms with Gasteiger partial charge in [0.1, 0.15) is 5.60 Å². The first-order valence-corrected chi connectivity index (χ1v) is 8.02. The molecule has 2 fully saturated rings. The molecular formula is C16H25N3O3. The number of carbonyl (C=O) groups excluding carboxylic acids is 1. The van der Waals surface area contributed by atoms with Crippen molar-refractivity contribution in [3.05, 3.63) is 17.0 Å². The number of nitrogens with zero attached hydrogens (tertiary/aromatic N) is 3. The average molecular weight is 307 g/mol. The van der Waals surface area contributed by atoms with Crippen molar-refractivity contribution >= 4 is 5.91 Å². The molecule has 2 aliphatic rings. The fourth-order valence-electron chi connectivity index (χ4n) is 3.70. The van der Waals surface area contributed by atoms with E-state index in [4.69, 9.17) is 4.74 Å². The SMILES string of the molecule is Cc1nn(C)c(C)c1CC(=O)N1CC[C@H](O)[C@]2(CCCO2)C1. The van der Waals surface area contributed by atoms with Crippen LogP contribution >= 0.6 is 0 Å². The van der Waals surface area contributed by atoms with Crippen LogP contribution in [0.15, 0.2) is 0 Å². The number of likely N-dealkylation sites (tertiary alicyclic amines) is 1. The molecule has 2 atom stereocenters. The lowest BCUT2D eigenvalue weighted by atomic mass is 9.87. The van der Waals surface area contributed by atoms with Crippen LogP contribution in [-0.4, -0.2) is 57.1 Å². The van der Waals surface area contributed by atoms with E-state index in [1.165, 1.54) is 0 Å². The quantitative estimate of drug-likeness (QED) is 0.874. The second-order valence-corrected chi connectivity index (χ2v) is 6.59. The number of hydrogen-bond donors (Lipinski definition) is 1. The monoisotopic (exact) mass is 307 g/mol. The van der Waals surface area contributed by atoms with Crippen LogP contribution in [0.5, 0.6) is 0 Å². The van der Waals surface area contributed by atoms with E-state index in [9.17, 15) is 9.90 Å². The van der Waals surface area contributed by atoms with Gasteiger partial charge in [0.15, 0.2) is 0 Å². The first-order chi connectivity index (χ1) is 10.4. The molecule has 1 spiro atoms. The molecule has 6 heteroatoms. The van der Waals surface area contributed by atoms with Crippen molar-refractivity contribution in [2.45, 2.75) is 51.2 Å². The number of hydrogen-bond acceptors (Lipinski definition) is 4. The third kappa shape index (κ3) is 2.54. The van der Waals surface area contributed by atoms with E-state index in [1.807, 2.05) is 30.5 Å². The van der Waals surface area contributed by atoms with Gasteiger partial charge < -0.3 is 14.7 Å². The van der Waals surface area contributed by atoms with Gasteiger partial charge in [-0.15, -0.1) is 0 Å². The van der Waals surface area contributed by atoms with Crippen molar-refractivity contribution in [1.82, 2.24) is 14.7 Å². The second kappa shape index (κ2) is 5.66. The highest BCUT2D eigenvalue weighted by Crippen LogP contribution is 2.35. The number of aliphatic hydroxyl groups excluding tert-OH is 1. The molecule has 2 aliphatic heterocycles. The lowest BCUT2D eigenvalue weighted by Crippen LogP contribution is -2.58. The van der Waals surface area contributed by atoms with E-state index in [1.54, 1.807) is 0 Å². The molecule has 3 heterocycles.